The smallest absolute Gasteiger partial charge is 0.166 e. The lowest BCUT2D eigenvalue weighted by Gasteiger charge is -2.27. The van der Waals surface area contributed by atoms with Crippen molar-refractivity contribution in [3.63, 3.8) is 0 Å². The number of anilines is 2. The van der Waals surface area contributed by atoms with Gasteiger partial charge in [-0.15, -0.1) is 10.2 Å². The number of rotatable bonds is 3. The molecule has 1 aliphatic heterocycles. The van der Waals surface area contributed by atoms with E-state index in [0.717, 1.165) is 47.3 Å². The maximum absolute atomic E-state index is 9.73. The molecule has 5 aromatic rings. The van der Waals surface area contributed by atoms with Crippen LogP contribution in [0.5, 0.6) is 0 Å². The minimum Gasteiger partial charge on any atom is -0.382 e. The van der Waals surface area contributed by atoms with Crippen molar-refractivity contribution >= 4 is 28.2 Å². The number of nitrogens with two attached hydrogens (primary N) is 1. The maximum Gasteiger partial charge on any atom is 0.166 e. The monoisotopic (exact) mass is 460 g/mol. The molecule has 0 radical (unpaired) electrons. The lowest BCUT2D eigenvalue weighted by molar-refractivity contribution is 0.711. The Morgan fingerprint density at radius 1 is 1.06 bits per heavy atom. The molecule has 1 saturated heterocycles. The molecule has 1 fully saturated rings. The highest BCUT2D eigenvalue weighted by molar-refractivity contribution is 5.90. The summed E-state index contributed by atoms with van der Waals surface area (Å²) in [6.07, 6.45) is 3.31. The van der Waals surface area contributed by atoms with Crippen LogP contribution < -0.4 is 10.6 Å². The molecule has 0 spiro atoms. The summed E-state index contributed by atoms with van der Waals surface area (Å²) >= 11 is 0. The average molecular weight is 461 g/mol. The standard InChI is InChI=1S/C27H24N8/c1-16-11-24-19(12-20(16)18-7-4-3-5-8-18)13-21(27-33-32-17(2)35(24)27)23-9-6-10-34(23)26-22(14-28)25(29)30-15-31-26/h3-5,7-8,11-13,15,23H,6,9-10H2,1-2H3,(H2,29,30,31). The van der Waals surface area contributed by atoms with Crippen molar-refractivity contribution in [3.05, 3.63) is 77.4 Å². The number of nitriles is 1. The number of pyridine rings is 1. The third kappa shape index (κ3) is 3.28. The van der Waals surface area contributed by atoms with E-state index in [-0.39, 0.29) is 11.9 Å². The Labute approximate surface area is 202 Å². The van der Waals surface area contributed by atoms with Crippen LogP contribution in [0.1, 0.15) is 41.4 Å². The van der Waals surface area contributed by atoms with Crippen LogP contribution in [0.3, 0.4) is 0 Å². The molecular formula is C27H24N8. The van der Waals surface area contributed by atoms with Crippen LogP contribution in [-0.2, 0) is 0 Å². The summed E-state index contributed by atoms with van der Waals surface area (Å²) in [5, 5.41) is 19.9. The molecule has 0 aliphatic carbocycles. The molecule has 1 aliphatic rings. The summed E-state index contributed by atoms with van der Waals surface area (Å²) in [6.45, 7) is 4.90. The van der Waals surface area contributed by atoms with Crippen LogP contribution in [0, 0.1) is 25.2 Å². The summed E-state index contributed by atoms with van der Waals surface area (Å²) < 4.78 is 2.14. The molecule has 2 N–H and O–H groups in total. The number of hydrogen-bond acceptors (Lipinski definition) is 7. The van der Waals surface area contributed by atoms with Crippen molar-refractivity contribution in [1.29, 1.82) is 5.26 Å². The first kappa shape index (κ1) is 21.1. The molecular weight excluding hydrogens is 436 g/mol. The van der Waals surface area contributed by atoms with E-state index < -0.39 is 0 Å². The first-order valence-electron chi connectivity index (χ1n) is 11.7. The van der Waals surface area contributed by atoms with Crippen molar-refractivity contribution in [3.8, 4) is 17.2 Å². The van der Waals surface area contributed by atoms with Crippen LogP contribution in [-0.4, -0.2) is 31.1 Å². The number of fused-ring (bicyclic) bond motifs is 3. The molecule has 3 aromatic heterocycles. The molecule has 4 heterocycles. The van der Waals surface area contributed by atoms with Gasteiger partial charge in [0.15, 0.2) is 11.5 Å². The number of aryl methyl sites for hydroxylation is 2. The van der Waals surface area contributed by atoms with E-state index in [2.05, 4.69) is 84.9 Å². The van der Waals surface area contributed by atoms with Gasteiger partial charge in [0.25, 0.3) is 0 Å². The van der Waals surface area contributed by atoms with Gasteiger partial charge < -0.3 is 10.6 Å². The van der Waals surface area contributed by atoms with Crippen LogP contribution in [0.25, 0.3) is 27.7 Å². The quantitative estimate of drug-likeness (QED) is 0.414. The SMILES string of the molecule is Cc1cc2c(cc1-c1ccccc1)cc(C1CCCN1c1ncnc(N)c1C#N)c1nnc(C)n12. The summed E-state index contributed by atoms with van der Waals surface area (Å²) in [5.41, 5.74) is 12.9. The van der Waals surface area contributed by atoms with Crippen molar-refractivity contribution < 1.29 is 0 Å². The van der Waals surface area contributed by atoms with Crippen molar-refractivity contribution in [1.82, 2.24) is 24.6 Å². The summed E-state index contributed by atoms with van der Waals surface area (Å²) in [4.78, 5) is 10.6. The molecule has 8 nitrogen and oxygen atoms in total. The van der Waals surface area contributed by atoms with Crippen LogP contribution >= 0.6 is 0 Å². The van der Waals surface area contributed by atoms with Crippen molar-refractivity contribution in [2.45, 2.75) is 32.7 Å². The Kier molecular flexibility index (Phi) is 4.85. The second-order valence-corrected chi connectivity index (χ2v) is 9.02. The zero-order valence-corrected chi connectivity index (χ0v) is 19.6. The van der Waals surface area contributed by atoms with E-state index in [4.69, 9.17) is 5.73 Å². The van der Waals surface area contributed by atoms with Gasteiger partial charge in [-0.1, -0.05) is 30.3 Å². The molecule has 0 bridgehead atoms. The Hall–Kier alpha value is -4.51. The number of nitrogens with zero attached hydrogens (tertiary/aromatic N) is 7. The molecule has 0 saturated carbocycles. The largest absolute Gasteiger partial charge is 0.382 e. The minimum atomic E-state index is -0.00613. The highest BCUT2D eigenvalue weighted by atomic mass is 15.3. The van der Waals surface area contributed by atoms with E-state index in [9.17, 15) is 5.26 Å². The van der Waals surface area contributed by atoms with Gasteiger partial charge in [0.2, 0.25) is 0 Å². The van der Waals surface area contributed by atoms with Crippen LogP contribution in [0.15, 0.2) is 54.9 Å². The summed E-state index contributed by atoms with van der Waals surface area (Å²) in [7, 11) is 0. The first-order valence-corrected chi connectivity index (χ1v) is 11.7. The topological polar surface area (TPSA) is 109 Å². The number of nitrogen functional groups attached to an aromatic ring is 1. The van der Waals surface area contributed by atoms with Crippen LogP contribution in [0.2, 0.25) is 0 Å². The van der Waals surface area contributed by atoms with E-state index >= 15 is 0 Å². The minimum absolute atomic E-state index is 0.00613. The van der Waals surface area contributed by atoms with Crippen molar-refractivity contribution in [2.24, 2.45) is 0 Å². The normalized spacial score (nSPS) is 15.7. The fourth-order valence-electron chi connectivity index (χ4n) is 5.32. The maximum atomic E-state index is 9.73. The zero-order chi connectivity index (χ0) is 24.1. The third-order valence-electron chi connectivity index (χ3n) is 6.95. The van der Waals surface area contributed by atoms with Crippen molar-refractivity contribution in [2.75, 3.05) is 17.2 Å². The third-order valence-corrected chi connectivity index (χ3v) is 6.95. The molecule has 1 unspecified atom stereocenters. The lowest BCUT2D eigenvalue weighted by atomic mass is 9.96. The van der Waals surface area contributed by atoms with E-state index in [1.54, 1.807) is 0 Å². The Bertz CT molecular complexity index is 1630. The van der Waals surface area contributed by atoms with Gasteiger partial charge >= 0.3 is 0 Å². The predicted octanol–water partition coefficient (Wildman–Crippen LogP) is 4.75. The fraction of sp³-hybridized carbons (Fsp3) is 0.222. The second kappa shape index (κ2) is 8.06. The Morgan fingerprint density at radius 2 is 1.89 bits per heavy atom. The highest BCUT2D eigenvalue weighted by Gasteiger charge is 2.32. The average Bonchev–Trinajstić information content (AvgIpc) is 3.51. The molecule has 2 aromatic carbocycles. The molecule has 1 atom stereocenters. The Morgan fingerprint density at radius 3 is 2.69 bits per heavy atom. The molecule has 8 heteroatoms. The fourth-order valence-corrected chi connectivity index (χ4v) is 5.32. The molecule has 35 heavy (non-hydrogen) atoms. The highest BCUT2D eigenvalue weighted by Crippen LogP contribution is 2.40. The predicted molar refractivity (Wildman–Crippen MR) is 136 cm³/mol. The number of hydrogen-bond donors (Lipinski definition) is 1. The van der Waals surface area contributed by atoms with Gasteiger partial charge in [-0.2, -0.15) is 5.26 Å². The van der Waals surface area contributed by atoms with Gasteiger partial charge in [-0.25, -0.2) is 9.97 Å². The van der Waals surface area contributed by atoms with E-state index in [1.165, 1.54) is 23.0 Å². The van der Waals surface area contributed by atoms with Gasteiger partial charge in [0, 0.05) is 12.1 Å². The summed E-state index contributed by atoms with van der Waals surface area (Å²) in [6, 6.07) is 19.3. The zero-order valence-electron chi connectivity index (χ0n) is 19.6. The van der Waals surface area contributed by atoms with Gasteiger partial charge in [0.1, 0.15) is 29.6 Å². The first-order chi connectivity index (χ1) is 17.1. The molecule has 172 valence electrons. The number of benzene rings is 2. The van der Waals surface area contributed by atoms with Gasteiger partial charge in [-0.3, -0.25) is 4.40 Å². The Balaban J connectivity index is 1.58. The van der Waals surface area contributed by atoms with Crippen LogP contribution in [0.4, 0.5) is 11.6 Å². The molecule has 0 amide bonds. The lowest BCUT2D eigenvalue weighted by Crippen LogP contribution is -2.25. The second-order valence-electron chi connectivity index (χ2n) is 9.02. The summed E-state index contributed by atoms with van der Waals surface area (Å²) in [5.74, 6) is 1.62. The van der Waals surface area contributed by atoms with E-state index in [0.29, 0.717) is 11.4 Å². The van der Waals surface area contributed by atoms with E-state index in [1.807, 2.05) is 13.0 Å². The van der Waals surface area contributed by atoms with Gasteiger partial charge in [-0.05, 0) is 67.0 Å². The number of aromatic nitrogens is 5. The van der Waals surface area contributed by atoms with Gasteiger partial charge in [0.05, 0.1) is 11.6 Å². The molecule has 6 rings (SSSR count).